The molecule has 0 fully saturated rings. The lowest BCUT2D eigenvalue weighted by Gasteiger charge is -2.32. The number of fused-ring (bicyclic) bond motifs is 1. The molecule has 1 aromatic rings. The first-order valence-electron chi connectivity index (χ1n) is 9.51. The van der Waals surface area contributed by atoms with E-state index in [1.807, 2.05) is 0 Å². The fraction of sp³-hybridized carbons (Fsp3) is 0.700. The molecule has 0 bridgehead atoms. The highest BCUT2D eigenvalue weighted by Crippen LogP contribution is 2.38. The van der Waals surface area contributed by atoms with Gasteiger partial charge in [0.2, 0.25) is 0 Å². The Morgan fingerprint density at radius 3 is 2.88 bits per heavy atom. The van der Waals surface area contributed by atoms with E-state index < -0.39 is 0 Å². The summed E-state index contributed by atoms with van der Waals surface area (Å²) in [5, 5.41) is 7.78. The minimum atomic E-state index is -0.111. The number of esters is 1. The van der Waals surface area contributed by atoms with Crippen LogP contribution in [-0.4, -0.2) is 36.0 Å². The Labute approximate surface area is 150 Å². The smallest absolute Gasteiger partial charge is 0.309 e. The lowest BCUT2D eigenvalue weighted by Crippen LogP contribution is -2.28. The maximum absolute atomic E-state index is 11.8. The van der Waals surface area contributed by atoms with Gasteiger partial charge in [-0.15, -0.1) is 0 Å². The van der Waals surface area contributed by atoms with Crippen LogP contribution >= 0.6 is 0 Å². The van der Waals surface area contributed by atoms with Crippen LogP contribution in [0.1, 0.15) is 57.0 Å². The predicted molar refractivity (Wildman–Crippen MR) is 97.1 cm³/mol. The van der Waals surface area contributed by atoms with Crippen LogP contribution in [0.15, 0.2) is 6.08 Å². The van der Waals surface area contributed by atoms with Crippen LogP contribution in [0.5, 0.6) is 0 Å². The molecule has 0 saturated carbocycles. The summed E-state index contributed by atoms with van der Waals surface area (Å²) >= 11 is 0. The lowest BCUT2D eigenvalue weighted by molar-refractivity contribution is -0.145. The van der Waals surface area contributed by atoms with Crippen LogP contribution in [-0.2, 0) is 27.1 Å². The summed E-state index contributed by atoms with van der Waals surface area (Å²) in [7, 11) is 1.46. The van der Waals surface area contributed by atoms with Crippen molar-refractivity contribution < 1.29 is 14.3 Å². The number of nitrogens with one attached hydrogen (secondary N) is 1. The number of rotatable bonds is 5. The molecule has 0 radical (unpaired) electrons. The minimum absolute atomic E-state index is 0.0403. The topological polar surface area (TPSA) is 64.2 Å². The number of hydrogen-bond acceptors (Lipinski definition) is 4. The molecule has 5 nitrogen and oxygen atoms in total. The SMILES string of the molecule is CCO[C@H](C)C1CCC(c2n[nH]c3c2CCC(C(=O)OC)C3)=C[C@@H]1C. The largest absolute Gasteiger partial charge is 0.469 e. The van der Waals surface area contributed by atoms with Gasteiger partial charge >= 0.3 is 5.97 Å². The molecule has 4 atom stereocenters. The molecule has 2 aliphatic carbocycles. The zero-order valence-electron chi connectivity index (χ0n) is 15.8. The van der Waals surface area contributed by atoms with Crippen molar-refractivity contribution in [3.8, 4) is 0 Å². The molecule has 1 heterocycles. The van der Waals surface area contributed by atoms with Crippen molar-refractivity contribution in [1.29, 1.82) is 0 Å². The third-order valence-electron chi connectivity index (χ3n) is 5.90. The van der Waals surface area contributed by atoms with E-state index in [0.29, 0.717) is 24.4 Å². The number of allylic oxidation sites excluding steroid dienone is 2. The summed E-state index contributed by atoms with van der Waals surface area (Å²) in [5.41, 5.74) is 4.87. The van der Waals surface area contributed by atoms with Crippen molar-refractivity contribution >= 4 is 11.5 Å². The molecule has 1 N–H and O–H groups in total. The third-order valence-corrected chi connectivity index (χ3v) is 5.90. The van der Waals surface area contributed by atoms with Gasteiger partial charge in [-0.3, -0.25) is 9.89 Å². The second kappa shape index (κ2) is 7.73. The first-order valence-corrected chi connectivity index (χ1v) is 9.51. The van der Waals surface area contributed by atoms with E-state index in [4.69, 9.17) is 9.47 Å². The number of carbonyl (C=O) groups is 1. The van der Waals surface area contributed by atoms with Gasteiger partial charge in [-0.2, -0.15) is 5.10 Å². The molecule has 0 aliphatic heterocycles. The average Bonchev–Trinajstić information content (AvgIpc) is 3.04. The molecular formula is C20H30N2O3. The van der Waals surface area contributed by atoms with Crippen molar-refractivity contribution in [2.24, 2.45) is 17.8 Å². The van der Waals surface area contributed by atoms with Crippen molar-refractivity contribution in [2.45, 2.75) is 59.0 Å². The monoisotopic (exact) mass is 346 g/mol. The van der Waals surface area contributed by atoms with Gasteiger partial charge in [-0.1, -0.05) is 13.0 Å². The molecule has 1 aromatic heterocycles. The fourth-order valence-electron chi connectivity index (χ4n) is 4.50. The van der Waals surface area contributed by atoms with Gasteiger partial charge < -0.3 is 9.47 Å². The number of nitrogens with zero attached hydrogens (tertiary/aromatic N) is 1. The van der Waals surface area contributed by atoms with E-state index >= 15 is 0 Å². The standard InChI is InChI=1S/C20H30N2O3/c1-5-25-13(3)16-8-6-14(10-12(16)2)19-17-9-7-15(20(23)24-4)11-18(17)21-22-19/h10,12-13,15-16H,5-9,11H2,1-4H3,(H,21,22)/t12-,13+,15?,16?/m0/s1. The van der Waals surface area contributed by atoms with Crippen LogP contribution in [0, 0.1) is 17.8 Å². The Morgan fingerprint density at radius 2 is 2.20 bits per heavy atom. The van der Waals surface area contributed by atoms with Gasteiger partial charge in [0.15, 0.2) is 0 Å². The summed E-state index contributed by atoms with van der Waals surface area (Å²) in [5.74, 6) is 0.910. The number of aromatic nitrogens is 2. The summed E-state index contributed by atoms with van der Waals surface area (Å²) in [6.07, 6.45) is 7.32. The Balaban J connectivity index is 1.75. The second-order valence-corrected chi connectivity index (χ2v) is 7.41. The van der Waals surface area contributed by atoms with Crippen LogP contribution in [0.2, 0.25) is 0 Å². The zero-order chi connectivity index (χ0) is 18.0. The molecule has 5 heteroatoms. The predicted octanol–water partition coefficient (Wildman–Crippen LogP) is 3.54. The number of carbonyl (C=O) groups excluding carboxylic acids is 1. The van der Waals surface area contributed by atoms with E-state index in [1.165, 1.54) is 18.2 Å². The van der Waals surface area contributed by atoms with E-state index in [2.05, 4.69) is 37.0 Å². The van der Waals surface area contributed by atoms with Crippen molar-refractivity contribution in [3.63, 3.8) is 0 Å². The maximum atomic E-state index is 11.8. The van der Waals surface area contributed by atoms with E-state index in [9.17, 15) is 4.79 Å². The number of methoxy groups -OCH3 is 1. The maximum Gasteiger partial charge on any atom is 0.309 e. The summed E-state index contributed by atoms with van der Waals surface area (Å²) in [6.45, 7) is 7.30. The van der Waals surface area contributed by atoms with E-state index in [0.717, 1.165) is 43.7 Å². The van der Waals surface area contributed by atoms with E-state index in [-0.39, 0.29) is 11.9 Å². The van der Waals surface area contributed by atoms with Crippen LogP contribution in [0.25, 0.3) is 5.57 Å². The summed E-state index contributed by atoms with van der Waals surface area (Å²) < 4.78 is 10.7. The quantitative estimate of drug-likeness (QED) is 0.828. The first kappa shape index (κ1) is 18.2. The van der Waals surface area contributed by atoms with Crippen molar-refractivity contribution in [3.05, 3.63) is 23.0 Å². The van der Waals surface area contributed by atoms with Gasteiger partial charge in [0.1, 0.15) is 0 Å². The second-order valence-electron chi connectivity index (χ2n) is 7.41. The molecule has 2 aliphatic rings. The van der Waals surface area contributed by atoms with Crippen LogP contribution < -0.4 is 0 Å². The number of H-pyrrole nitrogens is 1. The molecule has 3 rings (SSSR count). The Morgan fingerprint density at radius 1 is 1.40 bits per heavy atom. The zero-order valence-corrected chi connectivity index (χ0v) is 15.8. The van der Waals surface area contributed by atoms with Gasteiger partial charge in [0.05, 0.1) is 24.8 Å². The Bertz CT molecular complexity index is 649. The van der Waals surface area contributed by atoms with Gasteiger partial charge in [0.25, 0.3) is 0 Å². The summed E-state index contributed by atoms with van der Waals surface area (Å²) in [4.78, 5) is 11.8. The molecule has 0 aromatic carbocycles. The minimum Gasteiger partial charge on any atom is -0.469 e. The fourth-order valence-corrected chi connectivity index (χ4v) is 4.50. The van der Waals surface area contributed by atoms with Gasteiger partial charge in [0, 0.05) is 24.3 Å². The molecular weight excluding hydrogens is 316 g/mol. The Kier molecular flexibility index (Phi) is 5.62. The molecule has 0 amide bonds. The van der Waals surface area contributed by atoms with Crippen molar-refractivity contribution in [2.75, 3.05) is 13.7 Å². The van der Waals surface area contributed by atoms with E-state index in [1.54, 1.807) is 0 Å². The first-order chi connectivity index (χ1) is 12.0. The van der Waals surface area contributed by atoms with Gasteiger partial charge in [-0.05, 0) is 56.9 Å². The molecule has 0 saturated heterocycles. The highest BCUT2D eigenvalue weighted by Gasteiger charge is 2.32. The van der Waals surface area contributed by atoms with Crippen molar-refractivity contribution in [1.82, 2.24) is 10.2 Å². The van der Waals surface area contributed by atoms with Gasteiger partial charge in [-0.25, -0.2) is 0 Å². The number of ether oxygens (including phenoxy) is 2. The number of aromatic amines is 1. The molecule has 0 spiro atoms. The highest BCUT2D eigenvalue weighted by molar-refractivity contribution is 5.74. The molecule has 25 heavy (non-hydrogen) atoms. The Hall–Kier alpha value is -1.62. The van der Waals surface area contributed by atoms with Crippen LogP contribution in [0.3, 0.4) is 0 Å². The number of hydrogen-bond donors (Lipinski definition) is 1. The molecule has 2 unspecified atom stereocenters. The third kappa shape index (κ3) is 3.66. The normalized spacial score (nSPS) is 27.4. The lowest BCUT2D eigenvalue weighted by atomic mass is 9.77. The highest BCUT2D eigenvalue weighted by atomic mass is 16.5. The average molecular weight is 346 g/mol. The molecule has 138 valence electrons. The van der Waals surface area contributed by atoms with Crippen LogP contribution in [0.4, 0.5) is 0 Å². The summed E-state index contributed by atoms with van der Waals surface area (Å²) in [6, 6.07) is 0.